The highest BCUT2D eigenvalue weighted by atomic mass is 16.5. The largest absolute Gasteiger partial charge is 0.497 e. The highest BCUT2D eigenvalue weighted by Gasteiger charge is 2.31. The van der Waals surface area contributed by atoms with E-state index >= 15 is 0 Å². The Labute approximate surface area is 149 Å². The summed E-state index contributed by atoms with van der Waals surface area (Å²) in [4.78, 5) is 28.8. The molecule has 2 aliphatic heterocycles. The number of carbonyl (C=O) groups excluding carboxylic acids is 2. The predicted octanol–water partition coefficient (Wildman–Crippen LogP) is 2.24. The Bertz CT molecular complexity index is 596. The fourth-order valence-electron chi connectivity index (χ4n) is 3.55. The van der Waals surface area contributed by atoms with Crippen molar-refractivity contribution in [3.05, 3.63) is 29.8 Å². The van der Waals surface area contributed by atoms with Crippen LogP contribution in [0.15, 0.2) is 24.3 Å². The van der Waals surface area contributed by atoms with Gasteiger partial charge in [-0.1, -0.05) is 12.1 Å². The van der Waals surface area contributed by atoms with E-state index in [1.165, 1.54) is 0 Å². The van der Waals surface area contributed by atoms with E-state index in [2.05, 4.69) is 5.32 Å². The van der Waals surface area contributed by atoms with Gasteiger partial charge in [0.2, 0.25) is 5.91 Å². The van der Waals surface area contributed by atoms with Crippen LogP contribution in [0.3, 0.4) is 0 Å². The minimum absolute atomic E-state index is 0.0368. The molecule has 1 aromatic carbocycles. The number of hydrogen-bond acceptors (Lipinski definition) is 3. The molecule has 0 aliphatic carbocycles. The first-order valence-corrected chi connectivity index (χ1v) is 9.12. The summed E-state index contributed by atoms with van der Waals surface area (Å²) in [6.45, 7) is 3.49. The monoisotopic (exact) mass is 345 g/mol. The molecule has 6 heteroatoms. The second-order valence-electron chi connectivity index (χ2n) is 6.83. The fourth-order valence-corrected chi connectivity index (χ4v) is 3.55. The molecule has 1 N–H and O–H groups in total. The second-order valence-corrected chi connectivity index (χ2v) is 6.83. The third-order valence-corrected chi connectivity index (χ3v) is 5.07. The van der Waals surface area contributed by atoms with Crippen LogP contribution in [0, 0.1) is 5.92 Å². The first kappa shape index (κ1) is 17.6. The Kier molecular flexibility index (Phi) is 5.79. The standard InChI is InChI=1S/C19H27N3O3/c1-25-17-8-6-15(7-9-17)13-20-18(23)16-5-4-12-22(14-16)19(24)21-10-2-3-11-21/h6-9,16H,2-5,10-14H2,1H3,(H,20,23)/t16-/m1/s1. The van der Waals surface area contributed by atoms with Crippen molar-refractivity contribution in [1.82, 2.24) is 15.1 Å². The SMILES string of the molecule is COc1ccc(CNC(=O)[C@@H]2CCCN(C(=O)N3CCCC3)C2)cc1. The highest BCUT2D eigenvalue weighted by Crippen LogP contribution is 2.20. The Morgan fingerprint density at radius 3 is 2.44 bits per heavy atom. The summed E-state index contributed by atoms with van der Waals surface area (Å²) in [6, 6.07) is 7.77. The van der Waals surface area contributed by atoms with Crippen LogP contribution < -0.4 is 10.1 Å². The summed E-state index contributed by atoms with van der Waals surface area (Å²) in [5, 5.41) is 3.00. The Balaban J connectivity index is 1.50. The number of ether oxygens (including phenoxy) is 1. The van der Waals surface area contributed by atoms with Crippen molar-refractivity contribution in [1.29, 1.82) is 0 Å². The normalized spacial score (nSPS) is 20.4. The molecule has 0 bridgehead atoms. The van der Waals surface area contributed by atoms with Crippen molar-refractivity contribution in [3.63, 3.8) is 0 Å². The molecular formula is C19H27N3O3. The zero-order valence-corrected chi connectivity index (χ0v) is 14.9. The van der Waals surface area contributed by atoms with E-state index in [4.69, 9.17) is 4.74 Å². The van der Waals surface area contributed by atoms with Crippen LogP contribution in [0.1, 0.15) is 31.2 Å². The van der Waals surface area contributed by atoms with Crippen LogP contribution in [0.4, 0.5) is 4.79 Å². The van der Waals surface area contributed by atoms with E-state index in [9.17, 15) is 9.59 Å². The van der Waals surface area contributed by atoms with Crippen LogP contribution in [-0.4, -0.2) is 55.0 Å². The number of piperidine rings is 1. The average Bonchev–Trinajstić information content (AvgIpc) is 3.20. The van der Waals surface area contributed by atoms with E-state index in [1.807, 2.05) is 34.1 Å². The molecule has 0 aromatic heterocycles. The van der Waals surface area contributed by atoms with Crippen molar-refractivity contribution >= 4 is 11.9 Å². The third-order valence-electron chi connectivity index (χ3n) is 5.07. The third kappa shape index (κ3) is 4.44. The Morgan fingerprint density at radius 1 is 1.08 bits per heavy atom. The second kappa shape index (κ2) is 8.23. The molecular weight excluding hydrogens is 318 g/mol. The number of nitrogens with zero attached hydrogens (tertiary/aromatic N) is 2. The molecule has 6 nitrogen and oxygen atoms in total. The summed E-state index contributed by atoms with van der Waals surface area (Å²) in [5.74, 6) is 0.728. The van der Waals surface area contributed by atoms with Gasteiger partial charge in [-0.25, -0.2) is 4.79 Å². The molecule has 0 radical (unpaired) electrons. The predicted molar refractivity (Wildman–Crippen MR) is 95.3 cm³/mol. The molecule has 2 heterocycles. The smallest absolute Gasteiger partial charge is 0.320 e. The summed E-state index contributed by atoms with van der Waals surface area (Å²) < 4.78 is 5.14. The lowest BCUT2D eigenvalue weighted by Gasteiger charge is -2.34. The number of carbonyl (C=O) groups is 2. The molecule has 0 spiro atoms. The fraction of sp³-hybridized carbons (Fsp3) is 0.579. The summed E-state index contributed by atoms with van der Waals surface area (Å²) in [6.07, 6.45) is 3.91. The van der Waals surface area contributed by atoms with E-state index in [-0.39, 0.29) is 17.9 Å². The Morgan fingerprint density at radius 2 is 1.76 bits per heavy atom. The maximum Gasteiger partial charge on any atom is 0.320 e. The lowest BCUT2D eigenvalue weighted by Crippen LogP contribution is -2.49. The van der Waals surface area contributed by atoms with Crippen LogP contribution in [0.2, 0.25) is 0 Å². The molecule has 2 saturated heterocycles. The molecule has 2 fully saturated rings. The van der Waals surface area contributed by atoms with Crippen molar-refractivity contribution < 1.29 is 14.3 Å². The molecule has 3 rings (SSSR count). The number of nitrogens with one attached hydrogen (secondary N) is 1. The van der Waals surface area contributed by atoms with E-state index in [0.717, 1.165) is 56.6 Å². The number of amides is 3. The maximum atomic E-state index is 12.5. The highest BCUT2D eigenvalue weighted by molar-refractivity contribution is 5.81. The number of benzene rings is 1. The molecule has 136 valence electrons. The van der Waals surface area contributed by atoms with Gasteiger partial charge in [-0.15, -0.1) is 0 Å². The summed E-state index contributed by atoms with van der Waals surface area (Å²) in [7, 11) is 1.63. The van der Waals surface area contributed by atoms with Gasteiger partial charge in [0.25, 0.3) is 0 Å². The number of rotatable bonds is 4. The lowest BCUT2D eigenvalue weighted by molar-refractivity contribution is -0.126. The molecule has 0 saturated carbocycles. The van der Waals surface area contributed by atoms with Gasteiger partial charge in [-0.05, 0) is 43.4 Å². The first-order chi connectivity index (χ1) is 12.2. The van der Waals surface area contributed by atoms with E-state index in [0.29, 0.717) is 13.1 Å². The van der Waals surface area contributed by atoms with Gasteiger partial charge in [0.1, 0.15) is 5.75 Å². The van der Waals surface area contributed by atoms with Gasteiger partial charge >= 0.3 is 6.03 Å². The quantitative estimate of drug-likeness (QED) is 0.910. The van der Waals surface area contributed by atoms with Crippen LogP contribution in [0.25, 0.3) is 0 Å². The molecule has 2 aliphatic rings. The van der Waals surface area contributed by atoms with Crippen molar-refractivity contribution in [3.8, 4) is 5.75 Å². The maximum absolute atomic E-state index is 12.5. The van der Waals surface area contributed by atoms with Crippen molar-refractivity contribution in [2.45, 2.75) is 32.2 Å². The van der Waals surface area contributed by atoms with Gasteiger partial charge in [0, 0.05) is 32.7 Å². The molecule has 0 unspecified atom stereocenters. The number of urea groups is 1. The van der Waals surface area contributed by atoms with E-state index < -0.39 is 0 Å². The molecule has 1 atom stereocenters. The molecule has 1 aromatic rings. The number of methoxy groups -OCH3 is 1. The van der Waals surface area contributed by atoms with Gasteiger partial charge in [-0.2, -0.15) is 0 Å². The van der Waals surface area contributed by atoms with Crippen molar-refractivity contribution in [2.75, 3.05) is 33.3 Å². The van der Waals surface area contributed by atoms with Crippen LogP contribution in [-0.2, 0) is 11.3 Å². The van der Waals surface area contributed by atoms with Crippen molar-refractivity contribution in [2.24, 2.45) is 5.92 Å². The summed E-state index contributed by atoms with van der Waals surface area (Å²) in [5.41, 5.74) is 1.04. The summed E-state index contributed by atoms with van der Waals surface area (Å²) >= 11 is 0. The molecule has 3 amide bonds. The number of hydrogen-bond donors (Lipinski definition) is 1. The topological polar surface area (TPSA) is 61.9 Å². The Hall–Kier alpha value is -2.24. The minimum Gasteiger partial charge on any atom is -0.497 e. The zero-order valence-electron chi connectivity index (χ0n) is 14.9. The first-order valence-electron chi connectivity index (χ1n) is 9.12. The zero-order chi connectivity index (χ0) is 17.6. The van der Waals surface area contributed by atoms with Crippen LogP contribution >= 0.6 is 0 Å². The minimum atomic E-state index is -0.112. The van der Waals surface area contributed by atoms with Gasteiger partial charge in [-0.3, -0.25) is 4.79 Å². The lowest BCUT2D eigenvalue weighted by atomic mass is 9.97. The average molecular weight is 345 g/mol. The van der Waals surface area contributed by atoms with Crippen LogP contribution in [0.5, 0.6) is 5.75 Å². The van der Waals surface area contributed by atoms with Gasteiger partial charge in [0.15, 0.2) is 0 Å². The van der Waals surface area contributed by atoms with Gasteiger partial charge in [0.05, 0.1) is 13.0 Å². The molecule has 25 heavy (non-hydrogen) atoms. The van der Waals surface area contributed by atoms with E-state index in [1.54, 1.807) is 7.11 Å². The number of likely N-dealkylation sites (tertiary alicyclic amines) is 2. The van der Waals surface area contributed by atoms with Gasteiger partial charge < -0.3 is 19.9 Å².